The third-order valence-corrected chi connectivity index (χ3v) is 4.41. The van der Waals surface area contributed by atoms with Gasteiger partial charge in [0.15, 0.2) is 0 Å². The minimum Gasteiger partial charge on any atom is -0.383 e. The molecule has 2 rings (SSSR count). The molecule has 1 aromatic heterocycles. The number of thioether (sulfide) groups is 1. The molecule has 1 aromatic carbocycles. The van der Waals surface area contributed by atoms with Gasteiger partial charge in [0.25, 0.3) is 0 Å². The van der Waals surface area contributed by atoms with Gasteiger partial charge in [0.1, 0.15) is 5.82 Å². The van der Waals surface area contributed by atoms with Gasteiger partial charge in [-0.15, -0.1) is 23.1 Å². The van der Waals surface area contributed by atoms with E-state index in [1.54, 1.807) is 11.6 Å². The van der Waals surface area contributed by atoms with Crippen LogP contribution in [-0.2, 0) is 0 Å². The van der Waals surface area contributed by atoms with E-state index in [0.29, 0.717) is 10.9 Å². The quantitative estimate of drug-likeness (QED) is 0.350. The molecule has 0 spiro atoms. The zero-order chi connectivity index (χ0) is 14.2. The second-order valence-electron chi connectivity index (χ2n) is 4.22. The van der Waals surface area contributed by atoms with Crippen molar-refractivity contribution in [2.45, 2.75) is 24.7 Å². The zero-order valence-electron chi connectivity index (χ0n) is 11.4. The van der Waals surface area contributed by atoms with Crippen molar-refractivity contribution < 1.29 is 0 Å². The molecule has 0 aliphatic heterocycles. The van der Waals surface area contributed by atoms with Crippen molar-refractivity contribution in [1.82, 2.24) is 4.98 Å². The lowest BCUT2D eigenvalue weighted by molar-refractivity contribution is 0.896. The van der Waals surface area contributed by atoms with Crippen LogP contribution >= 0.6 is 23.1 Å². The van der Waals surface area contributed by atoms with Crippen LogP contribution in [0, 0.1) is 0 Å². The number of thiazole rings is 1. The molecule has 0 radical (unpaired) electrons. The number of nitrogens with one attached hydrogen (secondary N) is 1. The first-order chi connectivity index (χ1) is 9.78. The van der Waals surface area contributed by atoms with E-state index >= 15 is 0 Å². The summed E-state index contributed by atoms with van der Waals surface area (Å²) < 4.78 is 0. The Morgan fingerprint density at radius 1 is 1.40 bits per heavy atom. The molecule has 0 atom stereocenters. The Bertz CT molecular complexity index is 549. The maximum atomic E-state index is 5.53. The summed E-state index contributed by atoms with van der Waals surface area (Å²) in [5.74, 6) is 1.69. The lowest BCUT2D eigenvalue weighted by atomic mass is 10.2. The van der Waals surface area contributed by atoms with Crippen LogP contribution in [0.15, 0.2) is 39.6 Å². The molecule has 0 saturated carbocycles. The maximum Gasteiger partial charge on any atom is 0.205 e. The molecule has 2 aromatic rings. The van der Waals surface area contributed by atoms with Crippen LogP contribution in [0.4, 0.5) is 10.9 Å². The van der Waals surface area contributed by atoms with Crippen LogP contribution in [0.25, 0.3) is 0 Å². The third kappa shape index (κ3) is 4.86. The van der Waals surface area contributed by atoms with E-state index < -0.39 is 0 Å². The lowest BCUT2D eigenvalue weighted by Gasteiger charge is -2.00. The highest BCUT2D eigenvalue weighted by molar-refractivity contribution is 7.99. The smallest absolute Gasteiger partial charge is 0.205 e. The van der Waals surface area contributed by atoms with Crippen LogP contribution < -0.4 is 11.2 Å². The van der Waals surface area contributed by atoms with Crippen LogP contribution in [0.2, 0.25) is 0 Å². The molecule has 0 amide bonds. The van der Waals surface area contributed by atoms with Crippen molar-refractivity contribution in [2.75, 3.05) is 16.9 Å². The number of nitrogens with two attached hydrogens (primary N) is 1. The van der Waals surface area contributed by atoms with Gasteiger partial charge >= 0.3 is 0 Å². The third-order valence-electron chi connectivity index (χ3n) is 2.54. The number of nitrogens with zero attached hydrogens (tertiary/aromatic N) is 2. The van der Waals surface area contributed by atoms with Crippen LogP contribution in [0.3, 0.4) is 0 Å². The van der Waals surface area contributed by atoms with Gasteiger partial charge in [-0.05, 0) is 29.9 Å². The second kappa shape index (κ2) is 7.91. The monoisotopic (exact) mass is 306 g/mol. The summed E-state index contributed by atoms with van der Waals surface area (Å²) in [5.41, 5.74) is 9.45. The van der Waals surface area contributed by atoms with Gasteiger partial charge in [-0.1, -0.05) is 25.5 Å². The summed E-state index contributed by atoms with van der Waals surface area (Å²) in [6.45, 7) is 2.21. The summed E-state index contributed by atoms with van der Waals surface area (Å²) in [7, 11) is 0. The standard InChI is InChI=1S/C14H18N4S2/c1-2-3-8-19-12-6-4-11(5-7-12)9-16-18-14-17-13(15)10-20-14/h4-7,9-10H,2-3,8,15H2,1H3,(H,17,18). The van der Waals surface area contributed by atoms with Crippen LogP contribution in [0.5, 0.6) is 0 Å². The van der Waals surface area contributed by atoms with E-state index in [1.165, 1.54) is 34.8 Å². The number of hydrogen-bond donors (Lipinski definition) is 2. The minimum atomic E-state index is 0.515. The fourth-order valence-electron chi connectivity index (χ4n) is 1.48. The number of unbranched alkanes of at least 4 members (excludes halogenated alkanes) is 1. The fourth-order valence-corrected chi connectivity index (χ4v) is 3.03. The number of hydrazone groups is 1. The molecule has 0 bridgehead atoms. The molecule has 0 fully saturated rings. The SMILES string of the molecule is CCCCSc1ccc(C=NNc2nc(N)cs2)cc1. The number of rotatable bonds is 7. The summed E-state index contributed by atoms with van der Waals surface area (Å²) in [6.07, 6.45) is 4.28. The average molecular weight is 306 g/mol. The summed E-state index contributed by atoms with van der Waals surface area (Å²) in [4.78, 5) is 5.37. The lowest BCUT2D eigenvalue weighted by Crippen LogP contribution is -1.91. The normalized spacial score (nSPS) is 11.1. The molecular weight excluding hydrogens is 288 g/mol. The van der Waals surface area contributed by atoms with Crippen molar-refractivity contribution in [2.24, 2.45) is 5.10 Å². The van der Waals surface area contributed by atoms with E-state index in [-0.39, 0.29) is 0 Å². The highest BCUT2D eigenvalue weighted by Crippen LogP contribution is 2.19. The fraction of sp³-hybridized carbons (Fsp3) is 0.286. The van der Waals surface area contributed by atoms with E-state index in [0.717, 1.165) is 5.56 Å². The first-order valence-corrected chi connectivity index (χ1v) is 8.37. The molecule has 0 unspecified atom stereocenters. The summed E-state index contributed by atoms with van der Waals surface area (Å²) >= 11 is 3.33. The van der Waals surface area contributed by atoms with Gasteiger partial charge < -0.3 is 5.73 Å². The number of nitrogen functional groups attached to an aromatic ring is 1. The number of aromatic nitrogens is 1. The molecule has 0 aliphatic carbocycles. The van der Waals surface area contributed by atoms with Gasteiger partial charge in [-0.3, -0.25) is 5.43 Å². The highest BCUT2D eigenvalue weighted by atomic mass is 32.2. The van der Waals surface area contributed by atoms with Crippen molar-refractivity contribution >= 4 is 40.3 Å². The van der Waals surface area contributed by atoms with Gasteiger partial charge in [0, 0.05) is 10.3 Å². The molecule has 0 saturated heterocycles. The molecule has 0 aliphatic rings. The Kier molecular flexibility index (Phi) is 5.88. The number of benzene rings is 1. The summed E-state index contributed by atoms with van der Waals surface area (Å²) in [6, 6.07) is 8.39. The molecule has 1 heterocycles. The number of hydrogen-bond acceptors (Lipinski definition) is 6. The van der Waals surface area contributed by atoms with Gasteiger partial charge in [-0.2, -0.15) is 5.10 Å². The Balaban J connectivity index is 1.83. The van der Waals surface area contributed by atoms with E-state index in [2.05, 4.69) is 46.7 Å². The molecule has 20 heavy (non-hydrogen) atoms. The van der Waals surface area contributed by atoms with Crippen molar-refractivity contribution in [1.29, 1.82) is 0 Å². The average Bonchev–Trinajstić information content (AvgIpc) is 2.87. The molecule has 4 nitrogen and oxygen atoms in total. The summed E-state index contributed by atoms with van der Waals surface area (Å²) in [5, 5.41) is 6.62. The molecule has 3 N–H and O–H groups in total. The highest BCUT2D eigenvalue weighted by Gasteiger charge is 1.96. The topological polar surface area (TPSA) is 63.3 Å². The first kappa shape index (κ1) is 14.9. The minimum absolute atomic E-state index is 0.515. The molecule has 106 valence electrons. The van der Waals surface area contributed by atoms with E-state index in [9.17, 15) is 0 Å². The number of anilines is 2. The van der Waals surface area contributed by atoms with Crippen molar-refractivity contribution in [3.63, 3.8) is 0 Å². The van der Waals surface area contributed by atoms with Gasteiger partial charge in [-0.25, -0.2) is 4.98 Å². The predicted molar refractivity (Wildman–Crippen MR) is 89.8 cm³/mol. The maximum absolute atomic E-state index is 5.53. The zero-order valence-corrected chi connectivity index (χ0v) is 13.0. The van der Waals surface area contributed by atoms with Crippen LogP contribution in [0.1, 0.15) is 25.3 Å². The largest absolute Gasteiger partial charge is 0.383 e. The van der Waals surface area contributed by atoms with Crippen molar-refractivity contribution in [3.8, 4) is 0 Å². The Morgan fingerprint density at radius 2 is 2.20 bits per heavy atom. The van der Waals surface area contributed by atoms with Crippen LogP contribution in [-0.4, -0.2) is 17.0 Å². The van der Waals surface area contributed by atoms with E-state index in [4.69, 9.17) is 5.73 Å². The second-order valence-corrected chi connectivity index (χ2v) is 6.25. The molecule has 6 heteroatoms. The first-order valence-electron chi connectivity index (χ1n) is 6.51. The predicted octanol–water partition coefficient (Wildman–Crippen LogP) is 4.06. The van der Waals surface area contributed by atoms with Gasteiger partial charge in [0.2, 0.25) is 5.13 Å². The Labute approximate surface area is 127 Å². The Hall–Kier alpha value is -1.53. The van der Waals surface area contributed by atoms with Gasteiger partial charge in [0.05, 0.1) is 6.21 Å². The molecular formula is C14H18N4S2. The van der Waals surface area contributed by atoms with Crippen molar-refractivity contribution in [3.05, 3.63) is 35.2 Å². The van der Waals surface area contributed by atoms with E-state index in [1.807, 2.05) is 11.8 Å². The Morgan fingerprint density at radius 3 is 2.85 bits per heavy atom.